The Labute approximate surface area is 71.3 Å². The van der Waals surface area contributed by atoms with E-state index in [4.69, 9.17) is 15.4 Å². The number of halogens is 1. The highest BCUT2D eigenvalue weighted by Crippen LogP contribution is 2.21. The van der Waals surface area contributed by atoms with Gasteiger partial charge in [0.05, 0.1) is 7.11 Å². The minimum atomic E-state index is -1.56. The summed E-state index contributed by atoms with van der Waals surface area (Å²) in [5.74, 6) is 0.494. The van der Waals surface area contributed by atoms with Gasteiger partial charge >= 0.3 is 0 Å². The fourth-order valence-corrected chi connectivity index (χ4v) is 1.46. The van der Waals surface area contributed by atoms with Gasteiger partial charge in [-0.2, -0.15) is 0 Å². The summed E-state index contributed by atoms with van der Waals surface area (Å²) in [6, 6.07) is 1.61. The van der Waals surface area contributed by atoms with Crippen LogP contribution in [0.1, 0.15) is 0 Å². The summed E-state index contributed by atoms with van der Waals surface area (Å²) in [6.45, 7) is 0. The first-order chi connectivity index (χ1) is 5.25. The molecule has 0 spiro atoms. The third-order valence-corrected chi connectivity index (χ3v) is 2.29. The van der Waals surface area contributed by atoms with Crippen LogP contribution in [0, 0.1) is 0 Å². The zero-order valence-corrected chi connectivity index (χ0v) is 7.35. The molecule has 0 amide bonds. The quantitative estimate of drug-likeness (QED) is 0.663. The Morgan fingerprint density at radius 2 is 2.45 bits per heavy atom. The Balaban J connectivity index is 3.12. The maximum atomic E-state index is 10.8. The van der Waals surface area contributed by atoms with Gasteiger partial charge in [-0.15, -0.1) is 0 Å². The van der Waals surface area contributed by atoms with Crippen LogP contribution in [0.3, 0.4) is 0 Å². The number of hydrogen-bond donors (Lipinski definition) is 0. The second kappa shape index (κ2) is 3.69. The molecule has 11 heavy (non-hydrogen) atoms. The first kappa shape index (κ1) is 8.49. The SMILES string of the molecule is COc1ccncc1S(=O)Cl. The molecular formula is C6H6ClNO2S. The molecule has 3 nitrogen and oxygen atoms in total. The van der Waals surface area contributed by atoms with E-state index in [9.17, 15) is 4.21 Å². The Hall–Kier alpha value is -0.610. The molecule has 1 aromatic rings. The van der Waals surface area contributed by atoms with E-state index in [1.165, 1.54) is 13.3 Å². The van der Waals surface area contributed by atoms with Crippen LogP contribution in [0.15, 0.2) is 23.4 Å². The van der Waals surface area contributed by atoms with Crippen LogP contribution in [0.2, 0.25) is 0 Å². The molecular weight excluding hydrogens is 186 g/mol. The summed E-state index contributed by atoms with van der Waals surface area (Å²) in [7, 11) is 5.27. The lowest BCUT2D eigenvalue weighted by Crippen LogP contribution is -1.90. The van der Waals surface area contributed by atoms with Gasteiger partial charge < -0.3 is 4.74 Å². The first-order valence-electron chi connectivity index (χ1n) is 2.81. The van der Waals surface area contributed by atoms with Crippen molar-refractivity contribution in [3.63, 3.8) is 0 Å². The molecule has 0 N–H and O–H groups in total. The molecule has 1 rings (SSSR count). The van der Waals surface area contributed by atoms with Crippen LogP contribution < -0.4 is 4.74 Å². The highest BCUT2D eigenvalue weighted by atomic mass is 35.7. The lowest BCUT2D eigenvalue weighted by molar-refractivity contribution is 0.403. The molecule has 5 heteroatoms. The molecule has 1 heterocycles. The number of rotatable bonds is 2. The van der Waals surface area contributed by atoms with E-state index in [1.54, 1.807) is 12.3 Å². The highest BCUT2D eigenvalue weighted by Gasteiger charge is 2.06. The molecule has 0 fully saturated rings. The van der Waals surface area contributed by atoms with Gasteiger partial charge in [0.25, 0.3) is 0 Å². The van der Waals surface area contributed by atoms with E-state index in [0.29, 0.717) is 10.6 Å². The minimum absolute atomic E-state index is 0.400. The van der Waals surface area contributed by atoms with E-state index in [0.717, 1.165) is 0 Å². The maximum Gasteiger partial charge on any atom is 0.152 e. The largest absolute Gasteiger partial charge is 0.495 e. The molecule has 1 atom stereocenters. The van der Waals surface area contributed by atoms with E-state index in [1.807, 2.05) is 0 Å². The first-order valence-corrected chi connectivity index (χ1v) is 4.79. The number of aromatic nitrogens is 1. The Morgan fingerprint density at radius 1 is 1.73 bits per heavy atom. The van der Waals surface area contributed by atoms with Crippen LogP contribution in [0.5, 0.6) is 5.75 Å². The smallest absolute Gasteiger partial charge is 0.152 e. The number of ether oxygens (including phenoxy) is 1. The average molecular weight is 192 g/mol. The van der Waals surface area contributed by atoms with Crippen LogP contribution in [-0.4, -0.2) is 16.3 Å². The van der Waals surface area contributed by atoms with Gasteiger partial charge in [0.15, 0.2) is 10.0 Å². The van der Waals surface area contributed by atoms with Gasteiger partial charge in [-0.1, -0.05) is 0 Å². The topological polar surface area (TPSA) is 39.2 Å². The van der Waals surface area contributed by atoms with Crippen molar-refractivity contribution < 1.29 is 8.95 Å². The molecule has 1 unspecified atom stereocenters. The monoisotopic (exact) mass is 191 g/mol. The predicted molar refractivity (Wildman–Crippen MR) is 43.1 cm³/mol. The molecule has 0 radical (unpaired) electrons. The van der Waals surface area contributed by atoms with Gasteiger partial charge in [0.1, 0.15) is 10.6 Å². The van der Waals surface area contributed by atoms with Crippen molar-refractivity contribution in [3.05, 3.63) is 18.5 Å². The maximum absolute atomic E-state index is 10.8. The third kappa shape index (κ3) is 1.91. The third-order valence-electron chi connectivity index (χ3n) is 1.14. The van der Waals surface area contributed by atoms with Crippen LogP contribution in [-0.2, 0) is 10.0 Å². The Kier molecular flexibility index (Phi) is 2.84. The normalized spacial score (nSPS) is 12.5. The number of pyridine rings is 1. The molecule has 0 aromatic carbocycles. The Bertz CT molecular complexity index is 279. The van der Waals surface area contributed by atoms with Crippen molar-refractivity contribution in [2.24, 2.45) is 0 Å². The van der Waals surface area contributed by atoms with Crippen molar-refractivity contribution in [2.45, 2.75) is 4.90 Å². The summed E-state index contributed by atoms with van der Waals surface area (Å²) in [5.41, 5.74) is 0. The lowest BCUT2D eigenvalue weighted by atomic mass is 10.4. The summed E-state index contributed by atoms with van der Waals surface area (Å²) in [4.78, 5) is 4.16. The van der Waals surface area contributed by atoms with Crippen LogP contribution >= 0.6 is 10.7 Å². The van der Waals surface area contributed by atoms with Gasteiger partial charge in [-0.3, -0.25) is 4.98 Å². The molecule has 0 aliphatic heterocycles. The zero-order valence-electron chi connectivity index (χ0n) is 5.78. The van der Waals surface area contributed by atoms with Crippen molar-refractivity contribution in [1.29, 1.82) is 0 Å². The molecule has 0 saturated heterocycles. The lowest BCUT2D eigenvalue weighted by Gasteiger charge is -2.01. The van der Waals surface area contributed by atoms with E-state index < -0.39 is 10.0 Å². The van der Waals surface area contributed by atoms with Gasteiger partial charge in [-0.25, -0.2) is 4.21 Å². The second-order valence-electron chi connectivity index (χ2n) is 1.75. The fraction of sp³-hybridized carbons (Fsp3) is 0.167. The molecule has 0 aliphatic rings. The summed E-state index contributed by atoms with van der Waals surface area (Å²) in [5, 5.41) is 0. The van der Waals surface area contributed by atoms with Gasteiger partial charge in [-0.05, 0) is 16.7 Å². The standard InChI is InChI=1S/C6H6ClNO2S/c1-10-5-2-3-8-4-6(5)11(7)9/h2-4H,1H3. The van der Waals surface area contributed by atoms with E-state index >= 15 is 0 Å². The summed E-state index contributed by atoms with van der Waals surface area (Å²) in [6.07, 6.45) is 2.97. The predicted octanol–water partition coefficient (Wildman–Crippen LogP) is 1.35. The van der Waals surface area contributed by atoms with Crippen LogP contribution in [0.25, 0.3) is 0 Å². The van der Waals surface area contributed by atoms with Crippen molar-refractivity contribution >= 4 is 20.7 Å². The second-order valence-corrected chi connectivity index (χ2v) is 3.48. The summed E-state index contributed by atoms with van der Waals surface area (Å²) < 4.78 is 15.7. The fourth-order valence-electron chi connectivity index (χ4n) is 0.656. The van der Waals surface area contributed by atoms with Crippen LogP contribution in [0.4, 0.5) is 0 Å². The molecule has 0 saturated carbocycles. The van der Waals surface area contributed by atoms with Crippen molar-refractivity contribution in [3.8, 4) is 5.75 Å². The van der Waals surface area contributed by atoms with E-state index in [-0.39, 0.29) is 0 Å². The van der Waals surface area contributed by atoms with Gasteiger partial charge in [0, 0.05) is 12.4 Å². The highest BCUT2D eigenvalue weighted by molar-refractivity contribution is 8.08. The van der Waals surface area contributed by atoms with Crippen molar-refractivity contribution in [1.82, 2.24) is 4.98 Å². The zero-order chi connectivity index (χ0) is 8.27. The Morgan fingerprint density at radius 3 is 2.91 bits per heavy atom. The molecule has 0 bridgehead atoms. The molecule has 0 aliphatic carbocycles. The van der Waals surface area contributed by atoms with Gasteiger partial charge in [0.2, 0.25) is 0 Å². The molecule has 1 aromatic heterocycles. The number of nitrogens with zero attached hydrogens (tertiary/aromatic N) is 1. The minimum Gasteiger partial charge on any atom is -0.495 e. The average Bonchev–Trinajstić information content (AvgIpc) is 2.04. The molecule has 60 valence electrons. The van der Waals surface area contributed by atoms with E-state index in [2.05, 4.69) is 4.98 Å². The number of methoxy groups -OCH3 is 1. The van der Waals surface area contributed by atoms with Crippen molar-refractivity contribution in [2.75, 3.05) is 7.11 Å². The number of hydrogen-bond acceptors (Lipinski definition) is 3. The summed E-state index contributed by atoms with van der Waals surface area (Å²) >= 11 is 0.